The van der Waals surface area contributed by atoms with Gasteiger partial charge in [0, 0.05) is 36.4 Å². The molecule has 0 aromatic heterocycles. The molecule has 0 unspecified atom stereocenters. The Morgan fingerprint density at radius 1 is 1.03 bits per heavy atom. The average molecular weight is 403 g/mol. The molecule has 0 bridgehead atoms. The number of rotatable bonds is 8. The predicted molar refractivity (Wildman–Crippen MR) is 124 cm³/mol. The molecule has 1 fully saturated rings. The molecule has 2 N–H and O–H groups in total. The number of carbonyl (C=O) groups excluding carboxylic acids is 1. The lowest BCUT2D eigenvalue weighted by Gasteiger charge is -2.28. The van der Waals surface area contributed by atoms with Crippen molar-refractivity contribution in [2.75, 3.05) is 28.6 Å². The minimum atomic E-state index is -0.420. The third kappa shape index (κ3) is 6.12. The molecule has 1 aliphatic heterocycles. The highest BCUT2D eigenvalue weighted by Gasteiger charge is 2.11. The number of amides is 1. The van der Waals surface area contributed by atoms with Crippen molar-refractivity contribution in [3.05, 3.63) is 65.9 Å². The van der Waals surface area contributed by atoms with Gasteiger partial charge in [-0.1, -0.05) is 25.5 Å². The zero-order valence-electron chi connectivity index (χ0n) is 17.7. The van der Waals surface area contributed by atoms with Crippen LogP contribution in [-0.2, 0) is 11.2 Å². The lowest BCUT2D eigenvalue weighted by Crippen LogP contribution is -2.29. The third-order valence-electron chi connectivity index (χ3n) is 5.37. The number of benzene rings is 2. The van der Waals surface area contributed by atoms with Crippen LogP contribution < -0.4 is 15.5 Å². The standard InChI is InChI=1S/C25H30N4O/c1-2-3-7-20-8-10-23(11-9-20)28-25(30)21(18-26)19-27-22-12-14-24(15-13-22)29-16-5-4-6-17-29/h8-15,19,27H,2-7,16-17H2,1H3,(H,28,30)/b21-19-. The van der Waals surface area contributed by atoms with E-state index in [1.165, 1.54) is 36.7 Å². The Labute approximate surface area is 179 Å². The van der Waals surface area contributed by atoms with Gasteiger partial charge in [-0.3, -0.25) is 4.79 Å². The van der Waals surface area contributed by atoms with E-state index in [9.17, 15) is 10.1 Å². The second-order valence-electron chi connectivity index (χ2n) is 7.66. The second kappa shape index (κ2) is 11.1. The number of hydrogen-bond donors (Lipinski definition) is 2. The highest BCUT2D eigenvalue weighted by Crippen LogP contribution is 2.22. The van der Waals surface area contributed by atoms with Crippen LogP contribution in [0.2, 0.25) is 0 Å². The Kier molecular flexibility index (Phi) is 7.91. The Morgan fingerprint density at radius 3 is 2.33 bits per heavy atom. The van der Waals surface area contributed by atoms with E-state index in [2.05, 4.69) is 34.6 Å². The molecule has 2 aromatic carbocycles. The highest BCUT2D eigenvalue weighted by atomic mass is 16.1. The van der Waals surface area contributed by atoms with Crippen molar-refractivity contribution in [2.24, 2.45) is 0 Å². The van der Waals surface area contributed by atoms with Crippen molar-refractivity contribution in [3.8, 4) is 6.07 Å². The van der Waals surface area contributed by atoms with Crippen LogP contribution in [0.15, 0.2) is 60.3 Å². The smallest absolute Gasteiger partial charge is 0.267 e. The van der Waals surface area contributed by atoms with E-state index in [0.717, 1.165) is 38.0 Å². The summed E-state index contributed by atoms with van der Waals surface area (Å²) in [7, 11) is 0. The summed E-state index contributed by atoms with van der Waals surface area (Å²) in [4.78, 5) is 14.8. The van der Waals surface area contributed by atoms with Gasteiger partial charge in [0.1, 0.15) is 11.6 Å². The number of aryl methyl sites for hydroxylation is 1. The maximum atomic E-state index is 12.4. The fourth-order valence-corrected chi connectivity index (χ4v) is 3.56. The lowest BCUT2D eigenvalue weighted by molar-refractivity contribution is -0.112. The van der Waals surface area contributed by atoms with Gasteiger partial charge in [-0.2, -0.15) is 5.26 Å². The molecular weight excluding hydrogens is 372 g/mol. The maximum absolute atomic E-state index is 12.4. The molecular formula is C25H30N4O. The summed E-state index contributed by atoms with van der Waals surface area (Å²) in [5, 5.41) is 15.2. The molecule has 0 radical (unpaired) electrons. The minimum Gasteiger partial charge on any atom is -0.372 e. The molecule has 5 heteroatoms. The van der Waals surface area contributed by atoms with E-state index in [0.29, 0.717) is 5.69 Å². The Hall–Kier alpha value is -3.26. The first-order valence-corrected chi connectivity index (χ1v) is 10.8. The molecule has 2 aromatic rings. The zero-order valence-corrected chi connectivity index (χ0v) is 17.7. The van der Waals surface area contributed by atoms with Crippen molar-refractivity contribution in [3.63, 3.8) is 0 Å². The largest absolute Gasteiger partial charge is 0.372 e. The number of hydrogen-bond acceptors (Lipinski definition) is 4. The van der Waals surface area contributed by atoms with Crippen LogP contribution in [0.3, 0.4) is 0 Å². The summed E-state index contributed by atoms with van der Waals surface area (Å²) >= 11 is 0. The zero-order chi connectivity index (χ0) is 21.2. The van der Waals surface area contributed by atoms with Crippen LogP contribution in [0, 0.1) is 11.3 Å². The molecule has 0 aliphatic carbocycles. The Bertz CT molecular complexity index is 888. The molecule has 156 valence electrons. The minimum absolute atomic E-state index is 0.0326. The first kappa shape index (κ1) is 21.4. The predicted octanol–water partition coefficient (Wildman–Crippen LogP) is 5.48. The number of unbranched alkanes of at least 4 members (excludes halogenated alkanes) is 1. The topological polar surface area (TPSA) is 68.2 Å². The molecule has 0 spiro atoms. The van der Waals surface area contributed by atoms with Crippen molar-refractivity contribution in [2.45, 2.75) is 45.4 Å². The number of anilines is 3. The summed E-state index contributed by atoms with van der Waals surface area (Å²) in [5.41, 5.74) is 4.03. The van der Waals surface area contributed by atoms with Gasteiger partial charge in [0.25, 0.3) is 5.91 Å². The number of carbonyl (C=O) groups is 1. The second-order valence-corrected chi connectivity index (χ2v) is 7.66. The van der Waals surface area contributed by atoms with Crippen LogP contribution in [0.25, 0.3) is 0 Å². The fourth-order valence-electron chi connectivity index (χ4n) is 3.56. The lowest BCUT2D eigenvalue weighted by atomic mass is 10.1. The van der Waals surface area contributed by atoms with Crippen LogP contribution >= 0.6 is 0 Å². The van der Waals surface area contributed by atoms with Crippen LogP contribution in [0.5, 0.6) is 0 Å². The molecule has 1 amide bonds. The highest BCUT2D eigenvalue weighted by molar-refractivity contribution is 6.06. The van der Waals surface area contributed by atoms with E-state index in [4.69, 9.17) is 0 Å². The molecule has 1 aliphatic rings. The van der Waals surface area contributed by atoms with Gasteiger partial charge in [-0.05, 0) is 74.1 Å². The summed E-state index contributed by atoms with van der Waals surface area (Å²) in [5.74, 6) is -0.420. The Balaban J connectivity index is 1.56. The average Bonchev–Trinajstić information content (AvgIpc) is 2.80. The van der Waals surface area contributed by atoms with Gasteiger partial charge < -0.3 is 15.5 Å². The quantitative estimate of drug-likeness (QED) is 0.453. The van der Waals surface area contributed by atoms with E-state index < -0.39 is 5.91 Å². The van der Waals surface area contributed by atoms with Crippen LogP contribution in [0.4, 0.5) is 17.1 Å². The van der Waals surface area contributed by atoms with Gasteiger partial charge in [0.2, 0.25) is 0 Å². The van der Waals surface area contributed by atoms with Gasteiger partial charge in [-0.15, -0.1) is 0 Å². The van der Waals surface area contributed by atoms with E-state index in [1.54, 1.807) is 0 Å². The first-order valence-electron chi connectivity index (χ1n) is 10.8. The molecule has 1 heterocycles. The van der Waals surface area contributed by atoms with Crippen molar-refractivity contribution in [1.82, 2.24) is 0 Å². The van der Waals surface area contributed by atoms with E-state index in [1.807, 2.05) is 42.5 Å². The SMILES string of the molecule is CCCCc1ccc(NC(=O)/C(C#N)=C\Nc2ccc(N3CCCCC3)cc2)cc1. The van der Waals surface area contributed by atoms with Crippen molar-refractivity contribution >= 4 is 23.0 Å². The van der Waals surface area contributed by atoms with Crippen molar-refractivity contribution < 1.29 is 4.79 Å². The number of nitriles is 1. The molecule has 3 rings (SSSR count). The van der Waals surface area contributed by atoms with E-state index in [-0.39, 0.29) is 5.57 Å². The van der Waals surface area contributed by atoms with Gasteiger partial charge in [-0.25, -0.2) is 0 Å². The molecule has 0 atom stereocenters. The molecule has 0 saturated carbocycles. The number of nitrogens with zero attached hydrogens (tertiary/aromatic N) is 2. The fraction of sp³-hybridized carbons (Fsp3) is 0.360. The normalized spacial score (nSPS) is 14.1. The summed E-state index contributed by atoms with van der Waals surface area (Å²) < 4.78 is 0. The summed E-state index contributed by atoms with van der Waals surface area (Å²) in [6.45, 7) is 4.37. The molecule has 1 saturated heterocycles. The summed E-state index contributed by atoms with van der Waals surface area (Å²) in [6.07, 6.45) is 8.59. The number of piperidine rings is 1. The molecule has 5 nitrogen and oxygen atoms in total. The van der Waals surface area contributed by atoms with Crippen LogP contribution in [-0.4, -0.2) is 19.0 Å². The monoisotopic (exact) mass is 402 g/mol. The van der Waals surface area contributed by atoms with Gasteiger partial charge >= 0.3 is 0 Å². The molecule has 30 heavy (non-hydrogen) atoms. The van der Waals surface area contributed by atoms with Crippen molar-refractivity contribution in [1.29, 1.82) is 5.26 Å². The van der Waals surface area contributed by atoms with Crippen LogP contribution in [0.1, 0.15) is 44.6 Å². The Morgan fingerprint density at radius 2 is 1.70 bits per heavy atom. The van der Waals surface area contributed by atoms with Gasteiger partial charge in [0.05, 0.1) is 0 Å². The van der Waals surface area contributed by atoms with E-state index >= 15 is 0 Å². The maximum Gasteiger partial charge on any atom is 0.267 e. The first-order chi connectivity index (χ1) is 14.7. The number of nitrogens with one attached hydrogen (secondary N) is 2. The van der Waals surface area contributed by atoms with Gasteiger partial charge in [0.15, 0.2) is 0 Å². The third-order valence-corrected chi connectivity index (χ3v) is 5.37. The summed E-state index contributed by atoms with van der Waals surface area (Å²) in [6, 6.07) is 17.9.